The Bertz CT molecular complexity index is 1240. The minimum Gasteiger partial charge on any atom is -0.492 e. The van der Waals surface area contributed by atoms with Crippen LogP contribution in [0.5, 0.6) is 5.75 Å². The van der Waals surface area contributed by atoms with Gasteiger partial charge in [-0.05, 0) is 42.8 Å². The maximum Gasteiger partial charge on any atom is 0.164 e. The smallest absolute Gasteiger partial charge is 0.164 e. The molecule has 1 aliphatic carbocycles. The minimum atomic E-state index is -1.10. The molecule has 1 saturated heterocycles. The Morgan fingerprint density at radius 3 is 2.65 bits per heavy atom. The van der Waals surface area contributed by atoms with Crippen molar-refractivity contribution in [3.63, 3.8) is 0 Å². The third-order valence-electron chi connectivity index (χ3n) is 6.00. The first kappa shape index (κ1) is 22.6. The highest BCUT2D eigenvalue weighted by atomic mass is 19.1. The first-order chi connectivity index (χ1) is 16.5. The molecule has 8 heteroatoms. The Hall–Kier alpha value is -3.20. The zero-order chi connectivity index (χ0) is 23.5. The maximum absolute atomic E-state index is 13.4. The summed E-state index contributed by atoms with van der Waals surface area (Å²) in [6, 6.07) is 11.3. The van der Waals surface area contributed by atoms with Crippen molar-refractivity contribution in [3.8, 4) is 5.75 Å². The van der Waals surface area contributed by atoms with Crippen LogP contribution in [0, 0.1) is 5.82 Å². The van der Waals surface area contributed by atoms with Gasteiger partial charge in [0.05, 0.1) is 18.7 Å². The number of allylic oxidation sites excluding steroid dienone is 2. The third-order valence-corrected chi connectivity index (χ3v) is 6.00. The second kappa shape index (κ2) is 9.97. The number of rotatable bonds is 7. The summed E-state index contributed by atoms with van der Waals surface area (Å²) < 4.78 is 24.7. The Morgan fingerprint density at radius 2 is 1.91 bits per heavy atom. The van der Waals surface area contributed by atoms with Gasteiger partial charge in [-0.25, -0.2) is 19.4 Å². The topological polar surface area (TPSA) is 80.1 Å². The van der Waals surface area contributed by atoms with Gasteiger partial charge in [-0.2, -0.15) is 0 Å². The Kier molecular flexibility index (Phi) is 6.62. The molecule has 1 N–H and O–H groups in total. The molecule has 0 saturated carbocycles. The monoisotopic (exact) mass is 462 g/mol. The van der Waals surface area contributed by atoms with E-state index in [4.69, 9.17) is 14.5 Å². The summed E-state index contributed by atoms with van der Waals surface area (Å²) in [7, 11) is 0. The highest BCUT2D eigenvalue weighted by molar-refractivity contribution is 6.06. The second-order valence-corrected chi connectivity index (χ2v) is 8.61. The number of aliphatic hydroxyl groups is 1. The van der Waals surface area contributed by atoms with Crippen LogP contribution in [0.2, 0.25) is 0 Å². The van der Waals surface area contributed by atoms with Gasteiger partial charge >= 0.3 is 0 Å². The van der Waals surface area contributed by atoms with E-state index in [0.29, 0.717) is 29.3 Å². The average Bonchev–Trinajstić information content (AvgIpc) is 2.83. The lowest BCUT2D eigenvalue weighted by molar-refractivity contribution is 0.0322. The van der Waals surface area contributed by atoms with Crippen LogP contribution < -0.4 is 4.74 Å². The fraction of sp³-hybridized carbons (Fsp3) is 0.346. The number of aromatic nitrogens is 2. The molecule has 1 fully saturated rings. The van der Waals surface area contributed by atoms with Crippen LogP contribution in [0.3, 0.4) is 0 Å². The number of hydrogen-bond donors (Lipinski definition) is 1. The van der Waals surface area contributed by atoms with E-state index in [1.807, 2.05) is 24.3 Å². The number of morpholine rings is 1. The number of aliphatic hydroxyl groups excluding tert-OH is 1. The lowest BCUT2D eigenvalue weighted by Gasteiger charge is -2.26. The van der Waals surface area contributed by atoms with Gasteiger partial charge in [0.2, 0.25) is 0 Å². The SMILES string of the molecule is CC1=CC(=Nc2nc(C(O)c3ccc(F)cc3)nc3cc(OCCN4CCOCC4)ccc23)C1. The number of nitrogens with zero attached hydrogens (tertiary/aromatic N) is 4. The molecule has 2 aliphatic rings. The summed E-state index contributed by atoms with van der Waals surface area (Å²) in [5.74, 6) is 1.04. The van der Waals surface area contributed by atoms with Gasteiger partial charge < -0.3 is 14.6 Å². The fourth-order valence-electron chi connectivity index (χ4n) is 4.07. The van der Waals surface area contributed by atoms with Crippen LogP contribution >= 0.6 is 0 Å². The Morgan fingerprint density at radius 1 is 1.15 bits per heavy atom. The molecule has 1 atom stereocenters. The summed E-state index contributed by atoms with van der Waals surface area (Å²) in [6.45, 7) is 6.78. The van der Waals surface area contributed by atoms with Crippen molar-refractivity contribution in [2.45, 2.75) is 19.4 Å². The molecule has 34 heavy (non-hydrogen) atoms. The standard InChI is InChI=1S/C26H27FN4O3/c1-17-14-20(15-17)28-25-22-7-6-21(34-13-10-31-8-11-33-12-9-31)16-23(22)29-26(30-25)24(32)18-2-4-19(27)5-3-18/h2-7,14,16,24,32H,8-13,15H2,1H3. The maximum atomic E-state index is 13.4. The van der Waals surface area contributed by atoms with Gasteiger partial charge in [0.15, 0.2) is 11.6 Å². The largest absolute Gasteiger partial charge is 0.492 e. The van der Waals surface area contributed by atoms with E-state index in [2.05, 4.69) is 21.8 Å². The van der Waals surface area contributed by atoms with Crippen molar-refractivity contribution in [3.05, 3.63) is 71.3 Å². The van der Waals surface area contributed by atoms with E-state index in [9.17, 15) is 9.50 Å². The normalized spacial score (nSPS) is 18.6. The lowest BCUT2D eigenvalue weighted by atomic mass is 9.98. The van der Waals surface area contributed by atoms with Crippen molar-refractivity contribution in [1.82, 2.24) is 14.9 Å². The number of benzene rings is 2. The van der Waals surface area contributed by atoms with Crippen LogP contribution in [-0.2, 0) is 4.74 Å². The highest BCUT2D eigenvalue weighted by Gasteiger charge is 2.19. The molecule has 1 aromatic heterocycles. The van der Waals surface area contributed by atoms with E-state index >= 15 is 0 Å². The van der Waals surface area contributed by atoms with Gasteiger partial charge in [-0.15, -0.1) is 0 Å². The molecule has 5 rings (SSSR count). The van der Waals surface area contributed by atoms with Crippen LogP contribution in [0.25, 0.3) is 10.9 Å². The van der Waals surface area contributed by atoms with Gasteiger partial charge in [0, 0.05) is 43.2 Å². The molecule has 2 heterocycles. The molecule has 0 radical (unpaired) electrons. The lowest BCUT2D eigenvalue weighted by Crippen LogP contribution is -2.38. The Balaban J connectivity index is 1.44. The number of fused-ring (bicyclic) bond motifs is 1. The highest BCUT2D eigenvalue weighted by Crippen LogP contribution is 2.31. The van der Waals surface area contributed by atoms with Crippen molar-refractivity contribution in [1.29, 1.82) is 0 Å². The molecule has 0 amide bonds. The summed E-state index contributed by atoms with van der Waals surface area (Å²) in [4.78, 5) is 16.2. The van der Waals surface area contributed by atoms with E-state index in [0.717, 1.165) is 50.4 Å². The Labute approximate surface area is 197 Å². The third kappa shape index (κ3) is 5.14. The molecular formula is C26H27FN4O3. The van der Waals surface area contributed by atoms with Gasteiger partial charge in [-0.1, -0.05) is 17.7 Å². The number of halogens is 1. The minimum absolute atomic E-state index is 0.212. The van der Waals surface area contributed by atoms with Gasteiger partial charge in [0.1, 0.15) is 24.3 Å². The van der Waals surface area contributed by atoms with Crippen molar-refractivity contribution in [2.75, 3.05) is 39.5 Å². The summed E-state index contributed by atoms with van der Waals surface area (Å²) in [5, 5.41) is 11.7. The molecule has 1 aliphatic heterocycles. The summed E-state index contributed by atoms with van der Waals surface area (Å²) >= 11 is 0. The fourth-order valence-corrected chi connectivity index (χ4v) is 4.07. The second-order valence-electron chi connectivity index (χ2n) is 8.61. The van der Waals surface area contributed by atoms with E-state index in [1.54, 1.807) is 0 Å². The molecule has 3 aromatic rings. The number of aliphatic imine (C=N–C) groups is 1. The predicted molar refractivity (Wildman–Crippen MR) is 128 cm³/mol. The van der Waals surface area contributed by atoms with E-state index < -0.39 is 6.10 Å². The van der Waals surface area contributed by atoms with Crippen molar-refractivity contribution >= 4 is 22.4 Å². The molecule has 1 unspecified atom stereocenters. The zero-order valence-corrected chi connectivity index (χ0v) is 19.1. The first-order valence-corrected chi connectivity index (χ1v) is 11.5. The average molecular weight is 463 g/mol. The predicted octanol–water partition coefficient (Wildman–Crippen LogP) is 3.98. The first-order valence-electron chi connectivity index (χ1n) is 11.5. The molecule has 0 bridgehead atoms. The van der Waals surface area contributed by atoms with E-state index in [1.165, 1.54) is 29.8 Å². The van der Waals surface area contributed by atoms with Crippen molar-refractivity contribution < 1.29 is 19.0 Å². The van der Waals surface area contributed by atoms with Gasteiger partial charge in [-0.3, -0.25) is 4.90 Å². The van der Waals surface area contributed by atoms with Crippen LogP contribution in [0.15, 0.2) is 59.1 Å². The van der Waals surface area contributed by atoms with E-state index in [-0.39, 0.29) is 11.6 Å². The molecule has 7 nitrogen and oxygen atoms in total. The molecule has 0 spiro atoms. The molecular weight excluding hydrogens is 435 g/mol. The summed E-state index contributed by atoms with van der Waals surface area (Å²) in [5.41, 5.74) is 3.34. The molecule has 2 aromatic carbocycles. The number of hydrogen-bond acceptors (Lipinski definition) is 7. The molecule has 176 valence electrons. The quantitative estimate of drug-likeness (QED) is 0.572. The van der Waals surface area contributed by atoms with Gasteiger partial charge in [0.25, 0.3) is 0 Å². The number of ether oxygens (including phenoxy) is 2. The zero-order valence-electron chi connectivity index (χ0n) is 19.1. The van der Waals surface area contributed by atoms with Crippen LogP contribution in [0.1, 0.15) is 30.8 Å². The van der Waals surface area contributed by atoms with Crippen LogP contribution in [0.4, 0.5) is 10.2 Å². The summed E-state index contributed by atoms with van der Waals surface area (Å²) in [6.07, 6.45) is 1.73. The van der Waals surface area contributed by atoms with Crippen LogP contribution in [-0.4, -0.2) is 65.1 Å². The van der Waals surface area contributed by atoms with Crippen molar-refractivity contribution in [2.24, 2.45) is 4.99 Å².